The largest absolute Gasteiger partial charge is 0.497 e. The number of rotatable bonds is 8. The van der Waals surface area contributed by atoms with Crippen molar-refractivity contribution in [2.75, 3.05) is 30.2 Å². The molecule has 2 atom stereocenters. The molecule has 3 aromatic carbocycles. The molecule has 2 N–H and O–H groups in total. The number of halogens is 1. The lowest BCUT2D eigenvalue weighted by Gasteiger charge is -2.34. The van der Waals surface area contributed by atoms with Gasteiger partial charge in [0.2, 0.25) is 10.0 Å². The Morgan fingerprint density at radius 1 is 0.923 bits per heavy atom. The highest BCUT2D eigenvalue weighted by atomic mass is 35.5. The predicted octanol–water partition coefficient (Wildman–Crippen LogP) is 5.07. The van der Waals surface area contributed by atoms with Crippen molar-refractivity contribution in [1.82, 2.24) is 4.31 Å². The van der Waals surface area contributed by atoms with E-state index in [0.717, 1.165) is 6.42 Å². The first-order chi connectivity index (χ1) is 18.4. The first-order valence-corrected chi connectivity index (χ1v) is 15.6. The summed E-state index contributed by atoms with van der Waals surface area (Å²) in [6.07, 6.45) is 0.951. The van der Waals surface area contributed by atoms with Gasteiger partial charge in [0.25, 0.3) is 15.9 Å². The Kier molecular flexibility index (Phi) is 8.55. The summed E-state index contributed by atoms with van der Waals surface area (Å²) >= 11 is 6.13. The lowest BCUT2D eigenvalue weighted by molar-refractivity contribution is 0.102. The van der Waals surface area contributed by atoms with Crippen LogP contribution in [-0.4, -0.2) is 47.2 Å². The smallest absolute Gasteiger partial charge is 0.264 e. The summed E-state index contributed by atoms with van der Waals surface area (Å²) < 4.78 is 62.4. The highest BCUT2D eigenvalue weighted by Gasteiger charge is 2.32. The Morgan fingerprint density at radius 3 is 2.28 bits per heavy atom. The van der Waals surface area contributed by atoms with Gasteiger partial charge in [-0.15, -0.1) is 0 Å². The van der Waals surface area contributed by atoms with Crippen LogP contribution in [0.4, 0.5) is 11.4 Å². The van der Waals surface area contributed by atoms with Crippen LogP contribution in [0, 0.1) is 11.8 Å². The SMILES string of the molecule is COc1ccc(NC(=O)c2cccc(S(=O)(=O)N3C[C@H](C)C[C@@H](C)C3)c2)c(S(=O)(=O)Nc2ccccc2Cl)c1. The summed E-state index contributed by atoms with van der Waals surface area (Å²) in [7, 11) is -6.64. The van der Waals surface area contributed by atoms with Crippen LogP contribution in [-0.2, 0) is 20.0 Å². The van der Waals surface area contributed by atoms with Crippen molar-refractivity contribution >= 4 is 48.9 Å². The molecule has 1 fully saturated rings. The van der Waals surface area contributed by atoms with Gasteiger partial charge in [0, 0.05) is 24.7 Å². The van der Waals surface area contributed by atoms with Gasteiger partial charge in [-0.3, -0.25) is 9.52 Å². The first-order valence-electron chi connectivity index (χ1n) is 12.3. The molecule has 12 heteroatoms. The van der Waals surface area contributed by atoms with E-state index in [2.05, 4.69) is 10.0 Å². The van der Waals surface area contributed by atoms with E-state index in [1.807, 2.05) is 13.8 Å². The maximum absolute atomic E-state index is 13.4. The van der Waals surface area contributed by atoms with Crippen LogP contribution < -0.4 is 14.8 Å². The van der Waals surface area contributed by atoms with Crippen molar-refractivity contribution in [3.8, 4) is 5.75 Å². The van der Waals surface area contributed by atoms with E-state index in [9.17, 15) is 21.6 Å². The zero-order valence-corrected chi connectivity index (χ0v) is 24.1. The molecule has 0 aromatic heterocycles. The Balaban J connectivity index is 1.63. The average Bonchev–Trinajstić information content (AvgIpc) is 2.89. The molecule has 0 saturated carbocycles. The monoisotopic (exact) mass is 591 g/mol. The number of piperidine rings is 1. The molecule has 0 radical (unpaired) electrons. The van der Waals surface area contributed by atoms with E-state index >= 15 is 0 Å². The normalized spacial score (nSPS) is 18.4. The van der Waals surface area contributed by atoms with E-state index in [-0.39, 0.29) is 49.3 Å². The molecule has 39 heavy (non-hydrogen) atoms. The summed E-state index contributed by atoms with van der Waals surface area (Å²) in [5.74, 6) is 0.0343. The number of hydrogen-bond acceptors (Lipinski definition) is 6. The predicted molar refractivity (Wildman–Crippen MR) is 151 cm³/mol. The summed E-state index contributed by atoms with van der Waals surface area (Å²) in [5.41, 5.74) is 0.207. The summed E-state index contributed by atoms with van der Waals surface area (Å²) in [5, 5.41) is 2.80. The van der Waals surface area contributed by atoms with E-state index in [0.29, 0.717) is 13.1 Å². The van der Waals surface area contributed by atoms with E-state index < -0.39 is 26.0 Å². The number of benzene rings is 3. The summed E-state index contributed by atoms with van der Waals surface area (Å²) in [6, 6.07) is 16.2. The third-order valence-corrected chi connectivity index (χ3v) is 9.98. The van der Waals surface area contributed by atoms with Crippen molar-refractivity contribution in [3.63, 3.8) is 0 Å². The van der Waals surface area contributed by atoms with Crippen LogP contribution in [0.1, 0.15) is 30.6 Å². The molecule has 0 spiro atoms. The standard InChI is InChI=1S/C27H30ClN3O6S2/c1-18-13-19(2)17-31(16-18)39(35,36)22-8-6-7-20(14-22)27(32)29-25-12-11-21(37-3)15-26(25)38(33,34)30-24-10-5-4-9-23(24)28/h4-12,14-15,18-19,30H,13,16-17H2,1-3H3,(H,29,32)/t18-,19-/m1/s1. The molecule has 1 aliphatic heterocycles. The second kappa shape index (κ2) is 11.5. The van der Waals surface area contributed by atoms with Crippen molar-refractivity contribution in [3.05, 3.63) is 77.3 Å². The number of nitrogens with one attached hydrogen (secondary N) is 2. The Hall–Kier alpha value is -3.12. The molecule has 0 bridgehead atoms. The maximum Gasteiger partial charge on any atom is 0.264 e. The minimum Gasteiger partial charge on any atom is -0.497 e. The molecule has 0 unspecified atom stereocenters. The molecule has 1 saturated heterocycles. The summed E-state index contributed by atoms with van der Waals surface area (Å²) in [4.78, 5) is 13.0. The van der Waals surface area contributed by atoms with Gasteiger partial charge < -0.3 is 10.1 Å². The van der Waals surface area contributed by atoms with Crippen LogP contribution >= 0.6 is 11.6 Å². The number of carbonyl (C=O) groups is 1. The van der Waals surface area contributed by atoms with Crippen molar-refractivity contribution < 1.29 is 26.4 Å². The first kappa shape index (κ1) is 28.9. The third kappa shape index (κ3) is 6.55. The van der Waals surface area contributed by atoms with Crippen LogP contribution in [0.2, 0.25) is 5.02 Å². The Morgan fingerprint density at radius 2 is 1.62 bits per heavy atom. The van der Waals surface area contributed by atoms with E-state index in [4.69, 9.17) is 16.3 Å². The van der Waals surface area contributed by atoms with Gasteiger partial charge in [0.15, 0.2) is 0 Å². The van der Waals surface area contributed by atoms with Gasteiger partial charge >= 0.3 is 0 Å². The summed E-state index contributed by atoms with van der Waals surface area (Å²) in [6.45, 7) is 4.86. The molecule has 3 aromatic rings. The van der Waals surface area contributed by atoms with Gasteiger partial charge in [-0.1, -0.05) is 43.6 Å². The van der Waals surface area contributed by atoms with Gasteiger partial charge in [0.05, 0.1) is 28.4 Å². The molecule has 208 valence electrons. The van der Waals surface area contributed by atoms with E-state index in [1.54, 1.807) is 18.2 Å². The Labute approximate surface area is 234 Å². The zero-order chi connectivity index (χ0) is 28.4. The number of sulfonamides is 2. The molecule has 4 rings (SSSR count). The van der Waals surface area contributed by atoms with Crippen LogP contribution in [0.3, 0.4) is 0 Å². The maximum atomic E-state index is 13.4. The molecule has 1 aliphatic rings. The second-order valence-electron chi connectivity index (χ2n) is 9.70. The molecule has 1 amide bonds. The van der Waals surface area contributed by atoms with Gasteiger partial charge in [-0.25, -0.2) is 16.8 Å². The minimum absolute atomic E-state index is 0.000544. The zero-order valence-electron chi connectivity index (χ0n) is 21.7. The van der Waals surface area contributed by atoms with Gasteiger partial charge in [-0.05, 0) is 60.7 Å². The van der Waals surface area contributed by atoms with E-state index in [1.165, 1.54) is 59.9 Å². The third-order valence-electron chi connectivity index (χ3n) is 6.41. The highest BCUT2D eigenvalue weighted by molar-refractivity contribution is 7.93. The number of anilines is 2. The number of amides is 1. The molecular formula is C27H30ClN3O6S2. The fourth-order valence-electron chi connectivity index (χ4n) is 4.64. The number of hydrogen-bond donors (Lipinski definition) is 2. The van der Waals surface area contributed by atoms with Gasteiger partial charge in [0.1, 0.15) is 10.6 Å². The average molecular weight is 592 g/mol. The number of nitrogens with zero attached hydrogens (tertiary/aromatic N) is 1. The highest BCUT2D eigenvalue weighted by Crippen LogP contribution is 2.31. The van der Waals surface area contributed by atoms with Crippen molar-refractivity contribution in [1.29, 1.82) is 0 Å². The van der Waals surface area contributed by atoms with Gasteiger partial charge in [-0.2, -0.15) is 4.31 Å². The molecular weight excluding hydrogens is 562 g/mol. The van der Waals surface area contributed by atoms with Crippen LogP contribution in [0.15, 0.2) is 76.5 Å². The fraction of sp³-hybridized carbons (Fsp3) is 0.296. The van der Waals surface area contributed by atoms with Crippen molar-refractivity contribution in [2.24, 2.45) is 11.8 Å². The fourth-order valence-corrected chi connectivity index (χ4v) is 7.86. The number of methoxy groups -OCH3 is 1. The molecule has 9 nitrogen and oxygen atoms in total. The van der Waals surface area contributed by atoms with Crippen molar-refractivity contribution in [2.45, 2.75) is 30.1 Å². The lowest BCUT2D eigenvalue weighted by atomic mass is 9.94. The Bertz CT molecular complexity index is 1580. The lowest BCUT2D eigenvalue weighted by Crippen LogP contribution is -2.42. The molecule has 1 heterocycles. The number of carbonyl (C=O) groups excluding carboxylic acids is 1. The number of para-hydroxylation sites is 1. The second-order valence-corrected chi connectivity index (χ2v) is 13.7. The van der Waals surface area contributed by atoms with Crippen LogP contribution in [0.5, 0.6) is 5.75 Å². The minimum atomic E-state index is -4.22. The van der Waals surface area contributed by atoms with Crippen LogP contribution in [0.25, 0.3) is 0 Å². The molecule has 0 aliphatic carbocycles. The quantitative estimate of drug-likeness (QED) is 0.377. The topological polar surface area (TPSA) is 122 Å². The number of ether oxygens (including phenoxy) is 1.